The number of fused-ring (bicyclic) bond motifs is 1. The van der Waals surface area contributed by atoms with Crippen molar-refractivity contribution >= 4 is 16.6 Å². The van der Waals surface area contributed by atoms with Gasteiger partial charge in [0.2, 0.25) is 0 Å². The summed E-state index contributed by atoms with van der Waals surface area (Å²) < 4.78 is 29.1. The van der Waals surface area contributed by atoms with Crippen molar-refractivity contribution in [3.63, 3.8) is 0 Å². The molecule has 1 aromatic heterocycles. The van der Waals surface area contributed by atoms with Crippen molar-refractivity contribution in [2.45, 2.75) is 0 Å². The lowest BCUT2D eigenvalue weighted by molar-refractivity contribution is 0.562. The molecule has 0 aliphatic heterocycles. The third-order valence-corrected chi connectivity index (χ3v) is 2.95. The lowest BCUT2D eigenvalue weighted by atomic mass is 10.2. The van der Waals surface area contributed by atoms with Gasteiger partial charge in [-0.1, -0.05) is 0 Å². The zero-order valence-electron chi connectivity index (χ0n) is 10.1. The van der Waals surface area contributed by atoms with Crippen LogP contribution in [0.1, 0.15) is 5.56 Å². The first kappa shape index (κ1) is 12.1. The van der Waals surface area contributed by atoms with Crippen LogP contribution in [0.5, 0.6) is 0 Å². The molecule has 0 fully saturated rings. The van der Waals surface area contributed by atoms with E-state index < -0.39 is 11.6 Å². The van der Waals surface area contributed by atoms with Crippen molar-refractivity contribution in [1.29, 1.82) is 5.26 Å². The normalized spacial score (nSPS) is 10.7. The van der Waals surface area contributed by atoms with Crippen molar-refractivity contribution in [2.24, 2.45) is 0 Å². The molecular weight excluding hydrogens is 262 g/mol. The molecule has 0 saturated heterocycles. The molecule has 98 valence electrons. The molecule has 0 aliphatic rings. The fourth-order valence-electron chi connectivity index (χ4n) is 2.05. The first-order valence-electron chi connectivity index (χ1n) is 5.73. The summed E-state index contributed by atoms with van der Waals surface area (Å²) in [6.07, 6.45) is 1.49. The van der Waals surface area contributed by atoms with Gasteiger partial charge >= 0.3 is 0 Å². The van der Waals surface area contributed by atoms with E-state index in [2.05, 4.69) is 5.10 Å². The van der Waals surface area contributed by atoms with Crippen LogP contribution in [-0.4, -0.2) is 9.78 Å². The average molecular weight is 270 g/mol. The van der Waals surface area contributed by atoms with Gasteiger partial charge in [0.05, 0.1) is 23.3 Å². The van der Waals surface area contributed by atoms with Crippen molar-refractivity contribution in [3.05, 3.63) is 53.7 Å². The van der Waals surface area contributed by atoms with E-state index in [1.807, 2.05) is 0 Å². The Balaban J connectivity index is 2.32. The molecule has 0 atom stereocenters. The maximum absolute atomic E-state index is 14.0. The van der Waals surface area contributed by atoms with E-state index in [1.165, 1.54) is 6.20 Å². The van der Waals surface area contributed by atoms with Crippen molar-refractivity contribution in [2.75, 3.05) is 5.73 Å². The zero-order valence-corrected chi connectivity index (χ0v) is 10.1. The van der Waals surface area contributed by atoms with Gasteiger partial charge in [-0.2, -0.15) is 10.4 Å². The number of benzene rings is 2. The van der Waals surface area contributed by atoms with Crippen LogP contribution in [0.3, 0.4) is 0 Å². The van der Waals surface area contributed by atoms with Crippen LogP contribution >= 0.6 is 0 Å². The maximum atomic E-state index is 14.0. The first-order chi connectivity index (χ1) is 9.60. The Kier molecular flexibility index (Phi) is 2.61. The molecule has 0 saturated carbocycles. The van der Waals surface area contributed by atoms with E-state index in [9.17, 15) is 8.78 Å². The van der Waals surface area contributed by atoms with Gasteiger partial charge in [0.15, 0.2) is 11.6 Å². The Hall–Kier alpha value is -2.94. The molecule has 1 heterocycles. The largest absolute Gasteiger partial charge is 0.399 e. The SMILES string of the molecule is N#Cc1cc(F)c(-n2ncc3ccc(N)cc32)c(F)c1. The summed E-state index contributed by atoms with van der Waals surface area (Å²) >= 11 is 0. The van der Waals surface area contributed by atoms with E-state index in [0.29, 0.717) is 16.6 Å². The average Bonchev–Trinajstić information content (AvgIpc) is 2.81. The Labute approximate surface area is 112 Å². The molecule has 0 amide bonds. The molecule has 0 bridgehead atoms. The van der Waals surface area contributed by atoms with Crippen molar-refractivity contribution in [1.82, 2.24) is 9.78 Å². The molecule has 0 spiro atoms. The summed E-state index contributed by atoms with van der Waals surface area (Å²) in [7, 11) is 0. The van der Waals surface area contributed by atoms with Crippen LogP contribution in [-0.2, 0) is 0 Å². The predicted octanol–water partition coefficient (Wildman–Crippen LogP) is 2.76. The molecule has 4 nitrogen and oxygen atoms in total. The Morgan fingerprint density at radius 1 is 1.15 bits per heavy atom. The van der Waals surface area contributed by atoms with Gasteiger partial charge in [0.25, 0.3) is 0 Å². The number of hydrogen-bond donors (Lipinski definition) is 1. The number of hydrogen-bond acceptors (Lipinski definition) is 3. The van der Waals surface area contributed by atoms with Gasteiger partial charge in [-0.05, 0) is 30.3 Å². The highest BCUT2D eigenvalue weighted by molar-refractivity contribution is 5.83. The van der Waals surface area contributed by atoms with Gasteiger partial charge in [-0.25, -0.2) is 13.5 Å². The second-order valence-electron chi connectivity index (χ2n) is 4.27. The zero-order chi connectivity index (χ0) is 14.3. The number of halogens is 2. The summed E-state index contributed by atoms with van der Waals surface area (Å²) in [5, 5.41) is 13.4. The minimum Gasteiger partial charge on any atom is -0.399 e. The summed E-state index contributed by atoms with van der Waals surface area (Å²) in [5.41, 5.74) is 6.23. The van der Waals surface area contributed by atoms with Crippen molar-refractivity contribution in [3.8, 4) is 11.8 Å². The minimum absolute atomic E-state index is 0.0836. The lowest BCUT2D eigenvalue weighted by Crippen LogP contribution is -2.04. The number of aromatic nitrogens is 2. The Morgan fingerprint density at radius 3 is 2.50 bits per heavy atom. The maximum Gasteiger partial charge on any atom is 0.153 e. The van der Waals surface area contributed by atoms with Gasteiger partial charge in [-0.3, -0.25) is 0 Å². The number of nitriles is 1. The summed E-state index contributed by atoms with van der Waals surface area (Å²) in [6.45, 7) is 0. The molecule has 2 aromatic carbocycles. The predicted molar refractivity (Wildman–Crippen MR) is 70.1 cm³/mol. The van der Waals surface area contributed by atoms with Crippen LogP contribution in [0.25, 0.3) is 16.6 Å². The van der Waals surface area contributed by atoms with Gasteiger partial charge in [-0.15, -0.1) is 0 Å². The number of nitrogens with two attached hydrogens (primary N) is 1. The summed E-state index contributed by atoms with van der Waals surface area (Å²) in [4.78, 5) is 0. The summed E-state index contributed by atoms with van der Waals surface area (Å²) in [5.74, 6) is -1.71. The molecule has 0 aliphatic carbocycles. The highest BCUT2D eigenvalue weighted by atomic mass is 19.1. The monoisotopic (exact) mass is 270 g/mol. The second-order valence-corrected chi connectivity index (χ2v) is 4.27. The van der Waals surface area contributed by atoms with E-state index in [-0.39, 0.29) is 11.3 Å². The van der Waals surface area contributed by atoms with Crippen LogP contribution in [0.15, 0.2) is 36.5 Å². The van der Waals surface area contributed by atoms with Crippen molar-refractivity contribution < 1.29 is 8.78 Å². The highest BCUT2D eigenvalue weighted by Crippen LogP contribution is 2.25. The number of nitrogens with zero attached hydrogens (tertiary/aromatic N) is 3. The summed E-state index contributed by atoms with van der Waals surface area (Å²) in [6, 6.07) is 8.62. The highest BCUT2D eigenvalue weighted by Gasteiger charge is 2.16. The Bertz CT molecular complexity index is 838. The smallest absolute Gasteiger partial charge is 0.153 e. The molecule has 20 heavy (non-hydrogen) atoms. The van der Waals surface area contributed by atoms with E-state index in [0.717, 1.165) is 16.8 Å². The fourth-order valence-corrected chi connectivity index (χ4v) is 2.05. The third-order valence-electron chi connectivity index (χ3n) is 2.95. The lowest BCUT2D eigenvalue weighted by Gasteiger charge is -2.07. The molecule has 0 unspecified atom stereocenters. The molecular formula is C14H8F2N4. The molecule has 6 heteroatoms. The van der Waals surface area contributed by atoms with Crippen LogP contribution < -0.4 is 5.73 Å². The molecule has 3 aromatic rings. The van der Waals surface area contributed by atoms with Crippen LogP contribution in [0, 0.1) is 23.0 Å². The van der Waals surface area contributed by atoms with Gasteiger partial charge in [0, 0.05) is 11.1 Å². The van der Waals surface area contributed by atoms with E-state index in [4.69, 9.17) is 11.0 Å². The topological polar surface area (TPSA) is 67.6 Å². The molecule has 3 rings (SSSR count). The minimum atomic E-state index is -0.853. The number of nitrogen functional groups attached to an aromatic ring is 1. The van der Waals surface area contributed by atoms with E-state index >= 15 is 0 Å². The number of rotatable bonds is 1. The van der Waals surface area contributed by atoms with Crippen LogP contribution in [0.4, 0.5) is 14.5 Å². The van der Waals surface area contributed by atoms with Gasteiger partial charge in [0.1, 0.15) is 5.69 Å². The van der Waals surface area contributed by atoms with E-state index in [1.54, 1.807) is 24.3 Å². The second kappa shape index (κ2) is 4.31. The Morgan fingerprint density at radius 2 is 1.85 bits per heavy atom. The quantitative estimate of drug-likeness (QED) is 0.691. The standard InChI is InChI=1S/C14H8F2N4/c15-11-3-8(6-17)4-12(16)14(11)20-13-5-10(18)2-1-9(13)7-19-20/h1-5,7H,18H2. The fraction of sp³-hybridized carbons (Fsp3) is 0. The third kappa shape index (κ3) is 1.77. The molecule has 2 N–H and O–H groups in total. The molecule has 0 radical (unpaired) electrons. The van der Waals surface area contributed by atoms with Crippen LogP contribution in [0.2, 0.25) is 0 Å². The van der Waals surface area contributed by atoms with Gasteiger partial charge < -0.3 is 5.73 Å². The number of anilines is 1. The first-order valence-corrected chi connectivity index (χ1v) is 5.73.